The fourth-order valence-corrected chi connectivity index (χ4v) is 4.82. The Hall–Kier alpha value is -1.50. The molecule has 4 atom stereocenters. The molecule has 2 heterocycles. The first-order valence-corrected chi connectivity index (χ1v) is 9.43. The Morgan fingerprint density at radius 2 is 1.64 bits per heavy atom. The van der Waals surface area contributed by atoms with E-state index in [1.807, 2.05) is 6.08 Å². The monoisotopic (exact) mass is 345 g/mol. The fourth-order valence-electron chi connectivity index (χ4n) is 4.82. The van der Waals surface area contributed by atoms with E-state index in [0.29, 0.717) is 6.61 Å². The second-order valence-corrected chi connectivity index (χ2v) is 7.59. The standard InChI is InChI=1S/C19H27N3O3/c1-2-6-20-8-10-21(11-9-20)7-3-12-25-22-18(23)16-14-4-5-15(13-14)17(16)19(22)24/h2,4-5,14-17H,1,3,6-13H2/t14-,15+,16?,17?. The summed E-state index contributed by atoms with van der Waals surface area (Å²) in [5, 5.41) is 1.07. The van der Waals surface area contributed by atoms with Gasteiger partial charge in [0.15, 0.2) is 0 Å². The number of carbonyl (C=O) groups is 2. The molecule has 1 saturated carbocycles. The van der Waals surface area contributed by atoms with E-state index in [2.05, 4.69) is 28.5 Å². The number of hydrogen-bond donors (Lipinski definition) is 0. The van der Waals surface area contributed by atoms with Crippen molar-refractivity contribution in [2.45, 2.75) is 12.8 Å². The van der Waals surface area contributed by atoms with Crippen LogP contribution in [0.5, 0.6) is 0 Å². The summed E-state index contributed by atoms with van der Waals surface area (Å²) in [4.78, 5) is 35.4. The molecule has 2 aliphatic heterocycles. The second kappa shape index (κ2) is 7.02. The lowest BCUT2D eigenvalue weighted by molar-refractivity contribution is -0.190. The van der Waals surface area contributed by atoms with Crippen molar-refractivity contribution < 1.29 is 14.4 Å². The molecule has 6 heteroatoms. The van der Waals surface area contributed by atoms with Gasteiger partial charge in [-0.2, -0.15) is 5.06 Å². The number of hydrogen-bond acceptors (Lipinski definition) is 5. The lowest BCUT2D eigenvalue weighted by atomic mass is 9.85. The lowest BCUT2D eigenvalue weighted by Crippen LogP contribution is -2.46. The van der Waals surface area contributed by atoms with E-state index in [4.69, 9.17) is 4.84 Å². The van der Waals surface area contributed by atoms with Crippen LogP contribution in [0.4, 0.5) is 0 Å². The molecule has 4 rings (SSSR count). The molecule has 3 fully saturated rings. The Kier molecular flexibility index (Phi) is 4.75. The van der Waals surface area contributed by atoms with Gasteiger partial charge in [-0.25, -0.2) is 0 Å². The molecule has 6 nitrogen and oxygen atoms in total. The summed E-state index contributed by atoms with van der Waals surface area (Å²) in [5.41, 5.74) is 0. The van der Waals surface area contributed by atoms with Crippen LogP contribution in [0.1, 0.15) is 12.8 Å². The van der Waals surface area contributed by atoms with Gasteiger partial charge in [0, 0.05) is 39.3 Å². The summed E-state index contributed by atoms with van der Waals surface area (Å²) in [7, 11) is 0. The Bertz CT molecular complexity index is 552. The molecule has 0 aromatic heterocycles. The molecule has 2 unspecified atom stereocenters. The molecule has 4 aliphatic rings. The molecule has 2 aliphatic carbocycles. The topological polar surface area (TPSA) is 53.1 Å². The van der Waals surface area contributed by atoms with E-state index in [1.54, 1.807) is 0 Å². The lowest BCUT2D eigenvalue weighted by Gasteiger charge is -2.34. The zero-order valence-corrected chi connectivity index (χ0v) is 14.7. The number of piperazine rings is 1. The first kappa shape index (κ1) is 16.9. The van der Waals surface area contributed by atoms with Crippen molar-refractivity contribution in [2.75, 3.05) is 45.9 Å². The van der Waals surface area contributed by atoms with Crippen LogP contribution in [-0.4, -0.2) is 72.6 Å². The normalized spacial score (nSPS) is 35.0. The third-order valence-electron chi connectivity index (χ3n) is 6.12. The minimum absolute atomic E-state index is 0.120. The smallest absolute Gasteiger partial charge is 0.258 e. The van der Waals surface area contributed by atoms with Crippen LogP contribution >= 0.6 is 0 Å². The Labute approximate surface area is 149 Å². The van der Waals surface area contributed by atoms with Crippen LogP contribution in [0.15, 0.2) is 24.8 Å². The molecule has 0 aromatic carbocycles. The van der Waals surface area contributed by atoms with Crippen LogP contribution < -0.4 is 0 Å². The number of carbonyl (C=O) groups excluding carboxylic acids is 2. The molecule has 2 amide bonds. The number of rotatable bonds is 7. The predicted molar refractivity (Wildman–Crippen MR) is 93.2 cm³/mol. The van der Waals surface area contributed by atoms with E-state index in [1.165, 1.54) is 0 Å². The molecular formula is C19H27N3O3. The molecule has 0 N–H and O–H groups in total. The van der Waals surface area contributed by atoms with E-state index in [-0.39, 0.29) is 35.5 Å². The molecule has 0 spiro atoms. The zero-order valence-electron chi connectivity index (χ0n) is 14.7. The highest BCUT2D eigenvalue weighted by atomic mass is 16.7. The Morgan fingerprint density at radius 1 is 1.04 bits per heavy atom. The molecule has 2 saturated heterocycles. The van der Waals surface area contributed by atoms with Crippen LogP contribution in [0.3, 0.4) is 0 Å². The van der Waals surface area contributed by atoms with E-state index >= 15 is 0 Å². The molecule has 136 valence electrons. The maximum atomic E-state index is 12.5. The summed E-state index contributed by atoms with van der Waals surface area (Å²) >= 11 is 0. The van der Waals surface area contributed by atoms with Crippen molar-refractivity contribution >= 4 is 11.8 Å². The number of nitrogens with zero attached hydrogens (tertiary/aromatic N) is 3. The number of imide groups is 1. The highest BCUT2D eigenvalue weighted by Crippen LogP contribution is 2.52. The van der Waals surface area contributed by atoms with E-state index < -0.39 is 0 Å². The predicted octanol–water partition coefficient (Wildman–Crippen LogP) is 0.919. The van der Waals surface area contributed by atoms with Crippen molar-refractivity contribution in [3.63, 3.8) is 0 Å². The number of amides is 2. The van der Waals surface area contributed by atoms with Gasteiger partial charge in [0.1, 0.15) is 0 Å². The minimum atomic E-state index is -0.166. The number of hydroxylamine groups is 2. The van der Waals surface area contributed by atoms with Gasteiger partial charge in [0.25, 0.3) is 11.8 Å². The Balaban J connectivity index is 1.19. The largest absolute Gasteiger partial charge is 0.301 e. The number of fused-ring (bicyclic) bond motifs is 5. The summed E-state index contributed by atoms with van der Waals surface area (Å²) in [6, 6.07) is 0. The van der Waals surface area contributed by atoms with Crippen molar-refractivity contribution in [3.05, 3.63) is 24.8 Å². The van der Waals surface area contributed by atoms with E-state index in [9.17, 15) is 9.59 Å². The maximum Gasteiger partial charge on any atom is 0.258 e. The molecular weight excluding hydrogens is 318 g/mol. The maximum absolute atomic E-state index is 12.5. The van der Waals surface area contributed by atoms with E-state index in [0.717, 1.165) is 57.2 Å². The van der Waals surface area contributed by atoms with Crippen molar-refractivity contribution in [1.82, 2.24) is 14.9 Å². The summed E-state index contributed by atoms with van der Waals surface area (Å²) in [6.07, 6.45) is 7.95. The first-order valence-electron chi connectivity index (χ1n) is 9.43. The molecule has 0 aromatic rings. The average molecular weight is 345 g/mol. The van der Waals surface area contributed by atoms with Gasteiger partial charge in [-0.1, -0.05) is 18.2 Å². The van der Waals surface area contributed by atoms with Gasteiger partial charge in [-0.3, -0.25) is 19.3 Å². The highest BCUT2D eigenvalue weighted by Gasteiger charge is 2.60. The summed E-state index contributed by atoms with van der Waals surface area (Å²) in [5.74, 6) is -0.0884. The van der Waals surface area contributed by atoms with Crippen molar-refractivity contribution in [2.24, 2.45) is 23.7 Å². The van der Waals surface area contributed by atoms with Gasteiger partial charge in [-0.05, 0) is 24.7 Å². The van der Waals surface area contributed by atoms with Crippen LogP contribution in [-0.2, 0) is 14.4 Å². The fraction of sp³-hybridized carbons (Fsp3) is 0.684. The van der Waals surface area contributed by atoms with Crippen LogP contribution in [0, 0.1) is 23.7 Å². The highest BCUT2D eigenvalue weighted by molar-refractivity contribution is 6.05. The third kappa shape index (κ3) is 3.07. The average Bonchev–Trinajstić information content (AvgIpc) is 3.29. The molecule has 25 heavy (non-hydrogen) atoms. The van der Waals surface area contributed by atoms with Gasteiger partial charge >= 0.3 is 0 Å². The SMILES string of the molecule is C=CCN1CCN(CCCON2C(=O)C3C(C2=O)[C@H]2C=C[C@@H]3C2)CC1. The van der Waals surface area contributed by atoms with Gasteiger partial charge in [0.05, 0.1) is 18.4 Å². The van der Waals surface area contributed by atoms with Gasteiger partial charge in [0.2, 0.25) is 0 Å². The molecule has 2 bridgehead atoms. The van der Waals surface area contributed by atoms with Crippen molar-refractivity contribution in [3.8, 4) is 0 Å². The number of allylic oxidation sites excluding steroid dienone is 2. The van der Waals surface area contributed by atoms with Gasteiger partial charge < -0.3 is 4.90 Å². The molecule has 0 radical (unpaired) electrons. The first-order chi connectivity index (χ1) is 12.2. The zero-order chi connectivity index (χ0) is 17.4. The van der Waals surface area contributed by atoms with Crippen LogP contribution in [0.25, 0.3) is 0 Å². The minimum Gasteiger partial charge on any atom is -0.301 e. The quantitative estimate of drug-likeness (QED) is 0.390. The van der Waals surface area contributed by atoms with Crippen molar-refractivity contribution in [1.29, 1.82) is 0 Å². The summed E-state index contributed by atoms with van der Waals surface area (Å²) < 4.78 is 0. The van der Waals surface area contributed by atoms with Gasteiger partial charge in [-0.15, -0.1) is 6.58 Å². The summed E-state index contributed by atoms with van der Waals surface area (Å²) in [6.45, 7) is 10.3. The second-order valence-electron chi connectivity index (χ2n) is 7.59. The third-order valence-corrected chi connectivity index (χ3v) is 6.12. The Morgan fingerprint density at radius 3 is 2.24 bits per heavy atom. The van der Waals surface area contributed by atoms with Crippen LogP contribution in [0.2, 0.25) is 0 Å².